The van der Waals surface area contributed by atoms with Gasteiger partial charge >= 0.3 is 7.60 Å². The summed E-state index contributed by atoms with van der Waals surface area (Å²) in [5.74, 6) is 0.581. The number of fused-ring (bicyclic) bond motifs is 1. The Morgan fingerprint density at radius 2 is 2.12 bits per heavy atom. The molecule has 2 fully saturated rings. The molecule has 0 unspecified atom stereocenters. The molecule has 2 heterocycles. The fourth-order valence-corrected chi connectivity index (χ4v) is 4.00. The Morgan fingerprint density at radius 1 is 1.38 bits per heavy atom. The smallest absolute Gasteiger partial charge is 0.382 e. The average molecular weight is 240 g/mol. The molecule has 0 aromatic heterocycles. The number of hydrogen-bond donors (Lipinski definition) is 0. The molecule has 2 aliphatic rings. The molecule has 0 amide bonds. The van der Waals surface area contributed by atoms with Crippen LogP contribution in [0.1, 0.15) is 6.92 Å². The van der Waals surface area contributed by atoms with Gasteiger partial charge < -0.3 is 9.26 Å². The van der Waals surface area contributed by atoms with Crippen molar-refractivity contribution in [2.24, 2.45) is 0 Å². The van der Waals surface area contributed by atoms with Crippen LogP contribution in [0.4, 0.5) is 0 Å². The first-order valence-electron chi connectivity index (χ1n) is 5.34. The van der Waals surface area contributed by atoms with Crippen molar-refractivity contribution in [1.82, 2.24) is 0 Å². The van der Waals surface area contributed by atoms with E-state index in [1.54, 1.807) is 12.1 Å². The van der Waals surface area contributed by atoms with E-state index >= 15 is 0 Å². The first kappa shape index (κ1) is 10.3. The van der Waals surface area contributed by atoms with Gasteiger partial charge in [0, 0.05) is 0 Å². The van der Waals surface area contributed by atoms with Crippen molar-refractivity contribution >= 4 is 7.60 Å². The SMILES string of the molecule is C[C@H]1O[P@](=O)(Oc2ccccc2)C[C@@H]2O[C@@H]21. The van der Waals surface area contributed by atoms with Crippen LogP contribution in [0.5, 0.6) is 5.75 Å². The highest BCUT2D eigenvalue weighted by Gasteiger charge is 2.55. The van der Waals surface area contributed by atoms with Crippen LogP contribution >= 0.6 is 7.60 Å². The molecule has 3 rings (SSSR count). The number of hydrogen-bond acceptors (Lipinski definition) is 4. The zero-order valence-electron chi connectivity index (χ0n) is 8.91. The van der Waals surface area contributed by atoms with Crippen molar-refractivity contribution in [2.75, 3.05) is 6.16 Å². The normalized spacial score (nSPS) is 41.2. The molecule has 0 N–H and O–H groups in total. The molecule has 1 aromatic carbocycles. The van der Waals surface area contributed by atoms with E-state index in [9.17, 15) is 4.57 Å². The number of para-hydroxylation sites is 1. The second kappa shape index (κ2) is 3.59. The zero-order chi connectivity index (χ0) is 11.2. The molecule has 1 aromatic rings. The highest BCUT2D eigenvalue weighted by atomic mass is 31.2. The van der Waals surface area contributed by atoms with Crippen molar-refractivity contribution in [1.29, 1.82) is 0 Å². The molecule has 0 saturated carbocycles. The van der Waals surface area contributed by atoms with Gasteiger partial charge in [-0.2, -0.15) is 0 Å². The Balaban J connectivity index is 1.76. The van der Waals surface area contributed by atoms with E-state index in [0.717, 1.165) is 0 Å². The third-order valence-corrected chi connectivity index (χ3v) is 4.75. The second-order valence-corrected chi connectivity index (χ2v) is 6.13. The molecular weight excluding hydrogens is 227 g/mol. The minimum Gasteiger partial charge on any atom is -0.424 e. The van der Waals surface area contributed by atoms with E-state index in [1.165, 1.54) is 0 Å². The van der Waals surface area contributed by atoms with E-state index in [-0.39, 0.29) is 18.3 Å². The predicted octanol–water partition coefficient (Wildman–Crippen LogP) is 2.44. The van der Waals surface area contributed by atoms with E-state index in [4.69, 9.17) is 13.8 Å². The summed E-state index contributed by atoms with van der Waals surface area (Å²) in [6.07, 6.45) is 0.379. The largest absolute Gasteiger partial charge is 0.424 e. The topological polar surface area (TPSA) is 48.1 Å². The van der Waals surface area contributed by atoms with Gasteiger partial charge in [0.2, 0.25) is 0 Å². The highest BCUT2D eigenvalue weighted by molar-refractivity contribution is 7.54. The quantitative estimate of drug-likeness (QED) is 0.588. The number of ether oxygens (including phenoxy) is 1. The lowest BCUT2D eigenvalue weighted by Crippen LogP contribution is -2.26. The lowest BCUT2D eigenvalue weighted by molar-refractivity contribution is 0.159. The summed E-state index contributed by atoms with van der Waals surface area (Å²) in [4.78, 5) is 0. The van der Waals surface area contributed by atoms with Gasteiger partial charge in [0.25, 0.3) is 0 Å². The molecule has 2 saturated heterocycles. The van der Waals surface area contributed by atoms with Gasteiger partial charge in [-0.15, -0.1) is 0 Å². The molecule has 0 bridgehead atoms. The summed E-state index contributed by atoms with van der Waals surface area (Å²) < 4.78 is 28.6. The van der Waals surface area contributed by atoms with Gasteiger partial charge in [-0.1, -0.05) is 18.2 Å². The summed E-state index contributed by atoms with van der Waals surface area (Å²) in [7, 11) is -3.03. The van der Waals surface area contributed by atoms with Crippen LogP contribution in [0, 0.1) is 0 Å². The maximum Gasteiger partial charge on any atom is 0.382 e. The molecule has 2 aliphatic heterocycles. The van der Waals surface area contributed by atoms with Crippen molar-refractivity contribution in [3.63, 3.8) is 0 Å². The molecule has 5 heteroatoms. The minimum atomic E-state index is -3.03. The van der Waals surface area contributed by atoms with Crippen LogP contribution in [0.25, 0.3) is 0 Å². The molecule has 16 heavy (non-hydrogen) atoms. The number of epoxide rings is 1. The zero-order valence-corrected chi connectivity index (χ0v) is 9.80. The van der Waals surface area contributed by atoms with Gasteiger partial charge in [0.15, 0.2) is 0 Å². The Hall–Kier alpha value is -0.830. The summed E-state index contributed by atoms with van der Waals surface area (Å²) in [6, 6.07) is 9.10. The van der Waals surface area contributed by atoms with Crippen LogP contribution < -0.4 is 4.52 Å². The van der Waals surface area contributed by atoms with Crippen LogP contribution in [-0.2, 0) is 13.8 Å². The van der Waals surface area contributed by atoms with Gasteiger partial charge in [-0.3, -0.25) is 4.52 Å². The molecule has 4 atom stereocenters. The van der Waals surface area contributed by atoms with Gasteiger partial charge in [-0.25, -0.2) is 4.57 Å². The van der Waals surface area contributed by atoms with E-state index in [1.807, 2.05) is 25.1 Å². The Bertz CT molecular complexity index is 433. The first-order chi connectivity index (χ1) is 7.66. The molecule has 86 valence electrons. The summed E-state index contributed by atoms with van der Waals surface area (Å²) in [6.45, 7) is 1.87. The van der Waals surface area contributed by atoms with Crippen LogP contribution in [0.2, 0.25) is 0 Å². The molecule has 0 aliphatic carbocycles. The second-order valence-electron chi connectivity index (χ2n) is 4.15. The van der Waals surface area contributed by atoms with Crippen LogP contribution in [0.15, 0.2) is 30.3 Å². The fraction of sp³-hybridized carbons (Fsp3) is 0.455. The van der Waals surface area contributed by atoms with Gasteiger partial charge in [-0.05, 0) is 19.1 Å². The molecular formula is C11H13O4P. The fourth-order valence-electron chi connectivity index (χ4n) is 1.99. The highest BCUT2D eigenvalue weighted by Crippen LogP contribution is 2.57. The maximum atomic E-state index is 12.3. The van der Waals surface area contributed by atoms with E-state index < -0.39 is 7.60 Å². The van der Waals surface area contributed by atoms with Crippen molar-refractivity contribution < 1.29 is 18.3 Å². The van der Waals surface area contributed by atoms with Gasteiger partial charge in [0.05, 0.1) is 18.4 Å². The lowest BCUT2D eigenvalue weighted by Gasteiger charge is -2.24. The Labute approximate surface area is 94.0 Å². The van der Waals surface area contributed by atoms with Crippen LogP contribution in [-0.4, -0.2) is 24.5 Å². The monoisotopic (exact) mass is 240 g/mol. The maximum absolute atomic E-state index is 12.3. The van der Waals surface area contributed by atoms with E-state index in [2.05, 4.69) is 0 Å². The minimum absolute atomic E-state index is 0.0540. The molecule has 0 spiro atoms. The molecule has 0 radical (unpaired) electrons. The predicted molar refractivity (Wildman–Crippen MR) is 58.8 cm³/mol. The first-order valence-corrected chi connectivity index (χ1v) is 7.07. The standard InChI is InChI=1S/C11H13O4P/c1-8-11-10(13-11)7-16(12,14-8)15-9-5-3-2-4-6-9/h2-6,8,10-11H,7H2,1H3/t8-,10+,11-,16+/m1/s1. The Morgan fingerprint density at radius 3 is 2.81 bits per heavy atom. The summed E-state index contributed by atoms with van der Waals surface area (Å²) in [5, 5.41) is 0. The van der Waals surface area contributed by atoms with E-state index in [0.29, 0.717) is 11.9 Å². The average Bonchev–Trinajstić information content (AvgIpc) is 2.97. The van der Waals surface area contributed by atoms with Crippen molar-refractivity contribution in [2.45, 2.75) is 25.2 Å². The van der Waals surface area contributed by atoms with Gasteiger partial charge in [0.1, 0.15) is 11.9 Å². The lowest BCUT2D eigenvalue weighted by atomic mass is 10.2. The van der Waals surface area contributed by atoms with Crippen molar-refractivity contribution in [3.05, 3.63) is 30.3 Å². The van der Waals surface area contributed by atoms with Crippen molar-refractivity contribution in [3.8, 4) is 5.75 Å². The summed E-state index contributed by atoms with van der Waals surface area (Å²) in [5.41, 5.74) is 0. The van der Waals surface area contributed by atoms with Crippen LogP contribution in [0.3, 0.4) is 0 Å². The summed E-state index contributed by atoms with van der Waals surface area (Å²) >= 11 is 0. The number of benzene rings is 1. The third-order valence-electron chi connectivity index (χ3n) is 2.80. The molecule has 4 nitrogen and oxygen atoms in total. The third kappa shape index (κ3) is 1.88. The Kier molecular flexibility index (Phi) is 2.32. The number of rotatable bonds is 2.